The van der Waals surface area contributed by atoms with Gasteiger partial charge < -0.3 is 16.2 Å². The second-order valence-electron chi connectivity index (χ2n) is 4.81. The van der Waals surface area contributed by atoms with Gasteiger partial charge in [-0.1, -0.05) is 24.3 Å². The molecule has 3 rings (SSSR count). The molecule has 4 nitrogen and oxygen atoms in total. The van der Waals surface area contributed by atoms with E-state index >= 15 is 0 Å². The standard InChI is InChI=1S/C13H15N3O/c1-13-9-5-3-2-4-7(9)11(16-13)8(6-14)10(15)12(13)17/h2-6,11-12,15-17H,14H2,1H3/b8-6+,15-10?. The zero-order valence-corrected chi connectivity index (χ0v) is 9.57. The third kappa shape index (κ3) is 1.11. The molecule has 1 aromatic rings. The Bertz CT molecular complexity index is 537. The van der Waals surface area contributed by atoms with Crippen molar-refractivity contribution in [3.63, 3.8) is 0 Å². The summed E-state index contributed by atoms with van der Waals surface area (Å²) in [6.07, 6.45) is 0.558. The Morgan fingerprint density at radius 1 is 1.47 bits per heavy atom. The van der Waals surface area contributed by atoms with Gasteiger partial charge in [-0.3, -0.25) is 5.32 Å². The van der Waals surface area contributed by atoms with Crippen molar-refractivity contribution in [2.24, 2.45) is 5.73 Å². The number of hydrogen-bond acceptors (Lipinski definition) is 4. The number of benzene rings is 1. The van der Waals surface area contributed by atoms with Gasteiger partial charge in [0.05, 0.1) is 17.3 Å². The van der Waals surface area contributed by atoms with Crippen LogP contribution < -0.4 is 11.1 Å². The average Bonchev–Trinajstić information content (AvgIpc) is 2.62. The van der Waals surface area contributed by atoms with E-state index in [4.69, 9.17) is 11.1 Å². The van der Waals surface area contributed by atoms with Gasteiger partial charge in [0, 0.05) is 11.8 Å². The van der Waals surface area contributed by atoms with E-state index in [1.165, 1.54) is 6.20 Å². The van der Waals surface area contributed by atoms with Gasteiger partial charge in [0.1, 0.15) is 6.10 Å². The first kappa shape index (κ1) is 10.5. The molecule has 0 radical (unpaired) electrons. The highest BCUT2D eigenvalue weighted by Gasteiger charge is 2.52. The number of fused-ring (bicyclic) bond motifs is 5. The Morgan fingerprint density at radius 2 is 2.18 bits per heavy atom. The van der Waals surface area contributed by atoms with E-state index in [9.17, 15) is 5.11 Å². The molecule has 2 aliphatic rings. The topological polar surface area (TPSA) is 82.1 Å². The second kappa shape index (κ2) is 3.18. The van der Waals surface area contributed by atoms with Crippen molar-refractivity contribution in [3.05, 3.63) is 47.2 Å². The first-order valence-corrected chi connectivity index (χ1v) is 5.65. The predicted octanol–water partition coefficient (Wildman–Crippen LogP) is 0.783. The third-order valence-electron chi connectivity index (χ3n) is 3.90. The summed E-state index contributed by atoms with van der Waals surface area (Å²) >= 11 is 0. The SMILES string of the molecule is CC12NC(/C(=C/N)C(=N)C1O)c1ccccc12. The molecule has 1 saturated heterocycles. The van der Waals surface area contributed by atoms with Crippen LogP contribution in [0.5, 0.6) is 0 Å². The molecule has 1 fully saturated rings. The van der Waals surface area contributed by atoms with Crippen LogP contribution in [0.3, 0.4) is 0 Å². The van der Waals surface area contributed by atoms with Gasteiger partial charge in [-0.15, -0.1) is 0 Å². The molecule has 5 N–H and O–H groups in total. The van der Waals surface area contributed by atoms with E-state index in [-0.39, 0.29) is 11.8 Å². The molecular weight excluding hydrogens is 214 g/mol. The lowest BCUT2D eigenvalue weighted by Crippen LogP contribution is -2.55. The minimum atomic E-state index is -0.864. The predicted molar refractivity (Wildman–Crippen MR) is 65.7 cm³/mol. The summed E-state index contributed by atoms with van der Waals surface area (Å²) in [6.45, 7) is 1.93. The van der Waals surface area contributed by atoms with Crippen molar-refractivity contribution < 1.29 is 5.11 Å². The first-order valence-electron chi connectivity index (χ1n) is 5.65. The van der Waals surface area contributed by atoms with E-state index in [0.29, 0.717) is 5.57 Å². The summed E-state index contributed by atoms with van der Waals surface area (Å²) < 4.78 is 0. The summed E-state index contributed by atoms with van der Waals surface area (Å²) in [4.78, 5) is 0. The molecule has 4 heteroatoms. The maximum atomic E-state index is 10.3. The first-order chi connectivity index (χ1) is 8.09. The number of aliphatic hydroxyl groups excluding tert-OH is 1. The van der Waals surface area contributed by atoms with Gasteiger partial charge in [-0.05, 0) is 18.1 Å². The van der Waals surface area contributed by atoms with E-state index < -0.39 is 11.6 Å². The van der Waals surface area contributed by atoms with Crippen LogP contribution in [-0.4, -0.2) is 16.9 Å². The van der Waals surface area contributed by atoms with Crippen LogP contribution in [0.2, 0.25) is 0 Å². The number of rotatable bonds is 0. The minimum Gasteiger partial charge on any atom is -0.404 e. The minimum absolute atomic E-state index is 0.0721. The molecule has 0 saturated carbocycles. The van der Waals surface area contributed by atoms with E-state index in [2.05, 4.69) is 5.32 Å². The van der Waals surface area contributed by atoms with Crippen molar-refractivity contribution in [2.75, 3.05) is 0 Å². The van der Waals surface area contributed by atoms with E-state index in [1.807, 2.05) is 31.2 Å². The lowest BCUT2D eigenvalue weighted by molar-refractivity contribution is 0.119. The third-order valence-corrected chi connectivity index (χ3v) is 3.90. The molecule has 0 aliphatic carbocycles. The number of nitrogens with two attached hydrogens (primary N) is 1. The number of hydrogen-bond donors (Lipinski definition) is 4. The molecule has 0 aromatic heterocycles. The number of piperidine rings is 1. The molecule has 1 aromatic carbocycles. The lowest BCUT2D eigenvalue weighted by atomic mass is 9.83. The Hall–Kier alpha value is -1.65. The number of nitrogens with one attached hydrogen (secondary N) is 2. The van der Waals surface area contributed by atoms with Gasteiger partial charge in [-0.2, -0.15) is 0 Å². The van der Waals surface area contributed by atoms with Crippen molar-refractivity contribution in [2.45, 2.75) is 24.6 Å². The quantitative estimate of drug-likeness (QED) is 0.530. The lowest BCUT2D eigenvalue weighted by Gasteiger charge is -2.38. The monoisotopic (exact) mass is 229 g/mol. The Balaban J connectivity index is 2.28. The second-order valence-corrected chi connectivity index (χ2v) is 4.81. The molecule has 0 spiro atoms. The normalized spacial score (nSPS) is 37.3. The van der Waals surface area contributed by atoms with Crippen molar-refractivity contribution >= 4 is 5.71 Å². The van der Waals surface area contributed by atoms with Crippen LogP contribution in [0.4, 0.5) is 0 Å². The van der Waals surface area contributed by atoms with Gasteiger partial charge in [0.15, 0.2) is 0 Å². The highest BCUT2D eigenvalue weighted by molar-refractivity contribution is 6.05. The average molecular weight is 229 g/mol. The summed E-state index contributed by atoms with van der Waals surface area (Å²) in [5.74, 6) is 0. The molecule has 3 unspecified atom stereocenters. The summed E-state index contributed by atoms with van der Waals surface area (Å²) in [5.41, 5.74) is 8.05. The Labute approximate surface area is 99.7 Å². The van der Waals surface area contributed by atoms with Crippen LogP contribution in [0, 0.1) is 5.41 Å². The summed E-state index contributed by atoms with van der Waals surface area (Å²) in [5, 5.41) is 21.7. The summed E-state index contributed by atoms with van der Waals surface area (Å²) in [7, 11) is 0. The molecular formula is C13H15N3O. The maximum absolute atomic E-state index is 10.3. The Kier molecular flexibility index (Phi) is 1.97. The van der Waals surface area contributed by atoms with Gasteiger partial charge in [0.2, 0.25) is 0 Å². The van der Waals surface area contributed by atoms with Crippen LogP contribution in [0.1, 0.15) is 24.1 Å². The van der Waals surface area contributed by atoms with Crippen molar-refractivity contribution in [1.29, 1.82) is 5.41 Å². The van der Waals surface area contributed by atoms with Gasteiger partial charge >= 0.3 is 0 Å². The van der Waals surface area contributed by atoms with Crippen LogP contribution in [0.25, 0.3) is 0 Å². The van der Waals surface area contributed by atoms with Crippen molar-refractivity contribution in [3.8, 4) is 0 Å². The zero-order valence-electron chi connectivity index (χ0n) is 9.57. The number of aliphatic hydroxyl groups is 1. The fourth-order valence-electron chi connectivity index (χ4n) is 2.94. The largest absolute Gasteiger partial charge is 0.404 e. The highest BCUT2D eigenvalue weighted by Crippen LogP contribution is 2.47. The Morgan fingerprint density at radius 3 is 2.88 bits per heavy atom. The van der Waals surface area contributed by atoms with Gasteiger partial charge in [-0.25, -0.2) is 0 Å². The maximum Gasteiger partial charge on any atom is 0.118 e. The molecule has 3 atom stereocenters. The smallest absolute Gasteiger partial charge is 0.118 e. The van der Waals surface area contributed by atoms with Crippen LogP contribution in [0.15, 0.2) is 36.0 Å². The van der Waals surface area contributed by atoms with Gasteiger partial charge in [0.25, 0.3) is 0 Å². The van der Waals surface area contributed by atoms with Crippen molar-refractivity contribution in [1.82, 2.24) is 5.32 Å². The van der Waals surface area contributed by atoms with Crippen LogP contribution >= 0.6 is 0 Å². The molecule has 88 valence electrons. The summed E-state index contributed by atoms with van der Waals surface area (Å²) in [6, 6.07) is 7.87. The molecule has 2 heterocycles. The van der Waals surface area contributed by atoms with E-state index in [1.54, 1.807) is 0 Å². The molecule has 0 amide bonds. The highest BCUT2D eigenvalue weighted by atomic mass is 16.3. The zero-order chi connectivity index (χ0) is 12.2. The fraction of sp³-hybridized carbons (Fsp3) is 0.308. The van der Waals surface area contributed by atoms with E-state index in [0.717, 1.165) is 11.1 Å². The fourth-order valence-corrected chi connectivity index (χ4v) is 2.94. The molecule has 2 bridgehead atoms. The van der Waals surface area contributed by atoms with Crippen LogP contribution in [-0.2, 0) is 5.54 Å². The molecule has 2 aliphatic heterocycles. The molecule has 17 heavy (non-hydrogen) atoms.